The van der Waals surface area contributed by atoms with Crippen LogP contribution in [-0.2, 0) is 15.6 Å². The van der Waals surface area contributed by atoms with Crippen molar-refractivity contribution >= 4 is 34.3 Å². The first-order valence-corrected chi connectivity index (χ1v) is 6.77. The molecule has 0 saturated heterocycles. The van der Waals surface area contributed by atoms with Gasteiger partial charge in [0.05, 0.1) is 21.4 Å². The summed E-state index contributed by atoms with van der Waals surface area (Å²) in [6, 6.07) is 4.15. The van der Waals surface area contributed by atoms with Gasteiger partial charge in [-0.25, -0.2) is 4.79 Å². The summed E-state index contributed by atoms with van der Waals surface area (Å²) in [5, 5.41) is 11.4. The van der Waals surface area contributed by atoms with E-state index in [0.717, 1.165) is 0 Å². The number of benzene rings is 1. The van der Waals surface area contributed by atoms with Crippen LogP contribution in [0.5, 0.6) is 0 Å². The van der Waals surface area contributed by atoms with Crippen LogP contribution in [0.4, 0.5) is 0 Å². The zero-order valence-electron chi connectivity index (χ0n) is 9.60. The molecule has 1 unspecified atom stereocenters. The van der Waals surface area contributed by atoms with Gasteiger partial charge in [-0.1, -0.05) is 11.6 Å². The summed E-state index contributed by atoms with van der Waals surface area (Å²) >= 11 is 5.70. The van der Waals surface area contributed by atoms with E-state index in [2.05, 4.69) is 5.32 Å². The molecule has 0 fully saturated rings. The first-order valence-electron chi connectivity index (χ1n) is 5.07. The summed E-state index contributed by atoms with van der Waals surface area (Å²) in [7, 11) is 0.0726. The molecule has 1 amide bonds. The Kier molecular flexibility index (Phi) is 5.30. The minimum atomic E-state index is -1.42. The third kappa shape index (κ3) is 3.82. The molecule has 18 heavy (non-hydrogen) atoms. The molecule has 1 aromatic rings. The number of carboxylic acid groups (broad SMARTS) is 1. The molecule has 1 atom stereocenters. The van der Waals surface area contributed by atoms with Crippen molar-refractivity contribution in [2.24, 2.45) is 0 Å². The number of aromatic carboxylic acids is 1. The first kappa shape index (κ1) is 14.7. The van der Waals surface area contributed by atoms with Crippen molar-refractivity contribution < 1.29 is 18.9 Å². The smallest absolute Gasteiger partial charge is 0.337 e. The van der Waals surface area contributed by atoms with Crippen molar-refractivity contribution in [3.8, 4) is 0 Å². The van der Waals surface area contributed by atoms with Gasteiger partial charge in [-0.3, -0.25) is 9.00 Å². The van der Waals surface area contributed by atoms with Crippen molar-refractivity contribution in [3.63, 3.8) is 0 Å². The highest BCUT2D eigenvalue weighted by atomic mass is 35.5. The second kappa shape index (κ2) is 6.51. The number of rotatable bonds is 5. The first-order chi connectivity index (χ1) is 8.45. The molecule has 1 aromatic carbocycles. The molecular formula is C11H12ClNO4S. The minimum absolute atomic E-state index is 0.0922. The number of carboxylic acids is 1. The molecule has 0 radical (unpaired) electrons. The molecule has 0 saturated carbocycles. The molecule has 0 heterocycles. The molecule has 0 aliphatic heterocycles. The van der Waals surface area contributed by atoms with E-state index in [1.54, 1.807) is 0 Å². The minimum Gasteiger partial charge on any atom is -0.478 e. The fourth-order valence-electron chi connectivity index (χ4n) is 1.24. The lowest BCUT2D eigenvalue weighted by molar-refractivity contribution is -0.120. The van der Waals surface area contributed by atoms with E-state index in [1.807, 2.05) is 0 Å². The van der Waals surface area contributed by atoms with Gasteiger partial charge in [-0.15, -0.1) is 0 Å². The van der Waals surface area contributed by atoms with Gasteiger partial charge in [0.25, 0.3) is 0 Å². The van der Waals surface area contributed by atoms with Gasteiger partial charge in [-0.2, -0.15) is 0 Å². The van der Waals surface area contributed by atoms with E-state index in [4.69, 9.17) is 16.7 Å². The van der Waals surface area contributed by atoms with Crippen molar-refractivity contribution in [2.45, 2.75) is 11.3 Å². The summed E-state index contributed by atoms with van der Waals surface area (Å²) in [5.41, 5.74) is -0.0949. The Hall–Kier alpha value is -1.40. The fourth-order valence-corrected chi connectivity index (χ4v) is 2.51. The van der Waals surface area contributed by atoms with Crippen molar-refractivity contribution in [3.05, 3.63) is 28.8 Å². The van der Waals surface area contributed by atoms with Crippen LogP contribution >= 0.6 is 11.6 Å². The van der Waals surface area contributed by atoms with Crippen molar-refractivity contribution in [2.75, 3.05) is 12.8 Å². The number of amides is 1. The van der Waals surface area contributed by atoms with E-state index >= 15 is 0 Å². The molecule has 0 spiro atoms. The lowest BCUT2D eigenvalue weighted by Gasteiger charge is -2.04. The van der Waals surface area contributed by atoms with E-state index in [0.29, 0.717) is 4.90 Å². The Bertz CT molecular complexity index is 504. The Morgan fingerprint density at radius 3 is 2.67 bits per heavy atom. The normalized spacial score (nSPS) is 11.9. The molecule has 0 aliphatic carbocycles. The van der Waals surface area contributed by atoms with E-state index < -0.39 is 16.8 Å². The van der Waals surface area contributed by atoms with E-state index in [-0.39, 0.29) is 28.7 Å². The lowest BCUT2D eigenvalue weighted by atomic mass is 10.2. The van der Waals surface area contributed by atoms with Crippen LogP contribution in [0.3, 0.4) is 0 Å². The van der Waals surface area contributed by atoms with Gasteiger partial charge in [0.15, 0.2) is 0 Å². The summed E-state index contributed by atoms with van der Waals surface area (Å²) < 4.78 is 11.8. The monoisotopic (exact) mass is 289 g/mol. The summed E-state index contributed by atoms with van der Waals surface area (Å²) in [5.74, 6) is -1.25. The van der Waals surface area contributed by atoms with Crippen LogP contribution in [-0.4, -0.2) is 34.0 Å². The zero-order chi connectivity index (χ0) is 13.7. The molecule has 0 aromatic heterocycles. The maximum atomic E-state index is 11.8. The topological polar surface area (TPSA) is 83.5 Å². The summed E-state index contributed by atoms with van der Waals surface area (Å²) in [4.78, 5) is 22.2. The van der Waals surface area contributed by atoms with Gasteiger partial charge in [0, 0.05) is 24.1 Å². The fraction of sp³-hybridized carbons (Fsp3) is 0.273. The van der Waals surface area contributed by atoms with Crippen LogP contribution in [0, 0.1) is 0 Å². The van der Waals surface area contributed by atoms with Crippen molar-refractivity contribution in [1.29, 1.82) is 0 Å². The zero-order valence-corrected chi connectivity index (χ0v) is 11.2. The summed E-state index contributed by atoms with van der Waals surface area (Å²) in [6.45, 7) is 0. The van der Waals surface area contributed by atoms with Crippen molar-refractivity contribution in [1.82, 2.24) is 5.32 Å². The van der Waals surface area contributed by atoms with Crippen LogP contribution in [0.15, 0.2) is 23.1 Å². The quantitative estimate of drug-likeness (QED) is 0.855. The van der Waals surface area contributed by atoms with Gasteiger partial charge in [0.1, 0.15) is 0 Å². The average Bonchev–Trinajstić information content (AvgIpc) is 2.35. The highest BCUT2D eigenvalue weighted by Crippen LogP contribution is 2.20. The second-order valence-electron chi connectivity index (χ2n) is 3.42. The third-order valence-electron chi connectivity index (χ3n) is 2.22. The van der Waals surface area contributed by atoms with Crippen LogP contribution in [0.1, 0.15) is 16.8 Å². The molecular weight excluding hydrogens is 278 g/mol. The molecule has 1 rings (SSSR count). The van der Waals surface area contributed by atoms with Gasteiger partial charge in [0.2, 0.25) is 5.91 Å². The average molecular weight is 290 g/mol. The Morgan fingerprint density at radius 1 is 1.44 bits per heavy atom. The number of carbonyl (C=O) groups excluding carboxylic acids is 1. The number of nitrogens with one attached hydrogen (secondary N) is 1. The number of carbonyl (C=O) groups is 2. The largest absolute Gasteiger partial charge is 0.478 e. The maximum absolute atomic E-state index is 11.8. The Labute approximate surface area is 112 Å². The number of hydrogen-bond donors (Lipinski definition) is 2. The van der Waals surface area contributed by atoms with E-state index in [1.165, 1.54) is 25.2 Å². The lowest BCUT2D eigenvalue weighted by Crippen LogP contribution is -2.19. The van der Waals surface area contributed by atoms with Gasteiger partial charge in [-0.05, 0) is 18.2 Å². The standard InChI is InChI=1S/C11H12ClNO4S/c1-13-10(14)4-5-18(17)7-2-3-9(12)8(6-7)11(15)16/h2-3,6H,4-5H2,1H3,(H,13,14)(H,15,16). The predicted molar refractivity (Wildman–Crippen MR) is 68.4 cm³/mol. The van der Waals surface area contributed by atoms with Crippen LogP contribution in [0.25, 0.3) is 0 Å². The van der Waals surface area contributed by atoms with Crippen LogP contribution in [0.2, 0.25) is 5.02 Å². The number of halogens is 1. The third-order valence-corrected chi connectivity index (χ3v) is 3.91. The molecule has 2 N–H and O–H groups in total. The van der Waals surface area contributed by atoms with Gasteiger partial charge < -0.3 is 10.4 Å². The molecule has 5 nitrogen and oxygen atoms in total. The van der Waals surface area contributed by atoms with Crippen LogP contribution < -0.4 is 5.32 Å². The highest BCUT2D eigenvalue weighted by Gasteiger charge is 2.13. The molecule has 7 heteroatoms. The SMILES string of the molecule is CNC(=O)CCS(=O)c1ccc(Cl)c(C(=O)O)c1. The molecule has 0 bridgehead atoms. The summed E-state index contributed by atoms with van der Waals surface area (Å²) in [6.07, 6.45) is 0.119. The Morgan fingerprint density at radius 2 is 2.11 bits per heavy atom. The second-order valence-corrected chi connectivity index (χ2v) is 5.40. The van der Waals surface area contributed by atoms with E-state index in [9.17, 15) is 13.8 Å². The molecule has 0 aliphatic rings. The maximum Gasteiger partial charge on any atom is 0.337 e. The van der Waals surface area contributed by atoms with Gasteiger partial charge >= 0.3 is 5.97 Å². The molecule has 98 valence electrons. The number of hydrogen-bond acceptors (Lipinski definition) is 3. The highest BCUT2D eigenvalue weighted by molar-refractivity contribution is 7.85. The predicted octanol–water partition coefficient (Wildman–Crippen LogP) is 1.28. The Balaban J connectivity index is 2.84.